The van der Waals surface area contributed by atoms with Gasteiger partial charge in [0.15, 0.2) is 5.82 Å². The first-order valence-electron chi connectivity index (χ1n) is 15.2. The Morgan fingerprint density at radius 1 is 1.11 bits per heavy atom. The van der Waals surface area contributed by atoms with Crippen LogP contribution in [-0.2, 0) is 16.6 Å². The van der Waals surface area contributed by atoms with Crippen molar-refractivity contribution in [2.24, 2.45) is 11.7 Å². The van der Waals surface area contributed by atoms with Gasteiger partial charge in [-0.25, -0.2) is 9.19 Å². The van der Waals surface area contributed by atoms with Gasteiger partial charge in [-0.2, -0.15) is 4.98 Å². The molecule has 0 atom stereocenters. The molecule has 2 fully saturated rings. The first-order valence-corrected chi connectivity index (χ1v) is 16.3. The number of hydrogen-bond donors (Lipinski definition) is 4. The smallest absolute Gasteiger partial charge is 0.236 e. The summed E-state index contributed by atoms with van der Waals surface area (Å²) in [6, 6.07) is 11.6. The molecule has 2 aromatic carbocycles. The van der Waals surface area contributed by atoms with Crippen LogP contribution in [0.25, 0.3) is 0 Å². The zero-order chi connectivity index (χ0) is 31.9. The molecule has 0 spiro atoms. The SMILES string of the molecule is COc1cc(N2CCN(CC3CCN(C(=O)CN)CC3)CC2)c(C)cc1Nc1ncc(Cl)c(Nc2ccccc2N(C)[SH]=O)n1. The number of nitrogens with zero attached hydrogens (tertiary/aromatic N) is 6. The molecule has 2 saturated heterocycles. The Hall–Kier alpha value is -3.65. The molecular weight excluding hydrogens is 614 g/mol. The maximum absolute atomic E-state index is 11.9. The van der Waals surface area contributed by atoms with Gasteiger partial charge in [0.2, 0.25) is 11.9 Å². The van der Waals surface area contributed by atoms with Crippen LogP contribution in [0.5, 0.6) is 5.75 Å². The molecule has 12 nitrogen and oxygen atoms in total. The van der Waals surface area contributed by atoms with Crippen molar-refractivity contribution in [2.75, 3.05) is 86.4 Å². The number of nitrogens with one attached hydrogen (secondary N) is 2. The van der Waals surface area contributed by atoms with E-state index >= 15 is 0 Å². The Labute approximate surface area is 273 Å². The first kappa shape index (κ1) is 32.7. The average Bonchev–Trinajstić information content (AvgIpc) is 3.06. The summed E-state index contributed by atoms with van der Waals surface area (Å²) in [6.07, 6.45) is 3.61. The van der Waals surface area contributed by atoms with Gasteiger partial charge in [0.1, 0.15) is 22.6 Å². The zero-order valence-corrected chi connectivity index (χ0v) is 27.7. The van der Waals surface area contributed by atoms with E-state index in [1.807, 2.05) is 29.2 Å². The summed E-state index contributed by atoms with van der Waals surface area (Å²) in [5.41, 5.74) is 9.97. The molecule has 0 bridgehead atoms. The number of para-hydroxylation sites is 2. The number of carbonyl (C=O) groups excluding carboxylic acids is 1. The molecule has 242 valence electrons. The molecule has 0 aliphatic carbocycles. The fourth-order valence-corrected chi connectivity index (χ4v) is 6.38. The predicted octanol–water partition coefficient (Wildman–Crippen LogP) is 3.55. The van der Waals surface area contributed by atoms with E-state index in [1.165, 1.54) is 6.20 Å². The van der Waals surface area contributed by atoms with Crippen molar-refractivity contribution < 1.29 is 13.7 Å². The minimum atomic E-state index is -0.132. The number of thiol groups is 1. The monoisotopic (exact) mass is 655 g/mol. The van der Waals surface area contributed by atoms with Gasteiger partial charge in [-0.15, -0.1) is 0 Å². The van der Waals surface area contributed by atoms with Crippen LogP contribution in [0, 0.1) is 12.8 Å². The van der Waals surface area contributed by atoms with E-state index in [0.29, 0.717) is 34.1 Å². The van der Waals surface area contributed by atoms with E-state index in [4.69, 9.17) is 22.1 Å². The normalized spacial score (nSPS) is 16.0. The second kappa shape index (κ2) is 15.1. The Balaban J connectivity index is 1.22. The number of amides is 1. The number of benzene rings is 2. The molecule has 2 aliphatic heterocycles. The maximum Gasteiger partial charge on any atom is 0.236 e. The number of ether oxygens (including phenoxy) is 1. The van der Waals surface area contributed by atoms with Crippen molar-refractivity contribution in [1.82, 2.24) is 19.8 Å². The molecule has 1 aromatic heterocycles. The molecule has 0 saturated carbocycles. The van der Waals surface area contributed by atoms with Gasteiger partial charge in [-0.05, 0) is 49.4 Å². The summed E-state index contributed by atoms with van der Waals surface area (Å²) < 4.78 is 18.8. The highest BCUT2D eigenvalue weighted by Crippen LogP contribution is 2.36. The number of methoxy groups -OCH3 is 1. The standard InChI is InChI=1S/C31H42ClN9O3S/c1-21-16-25(36-31-34-19-23(32)30(37-31)35-24-6-4-5-7-26(24)38(2)45-43)28(44-3)17-27(21)40-14-12-39(13-15-40)20-22-8-10-41(11-9-22)29(42)18-33/h4-7,16-17,19,22,45H,8-15,18,20,33H2,1-3H3,(H2,34,35,36,37). The fraction of sp³-hybridized carbons (Fsp3) is 0.452. The maximum atomic E-state index is 11.9. The van der Waals surface area contributed by atoms with Crippen LogP contribution < -0.4 is 30.3 Å². The summed E-state index contributed by atoms with van der Waals surface area (Å²) in [7, 11) is 3.38. The Morgan fingerprint density at radius 3 is 2.53 bits per heavy atom. The third kappa shape index (κ3) is 7.96. The van der Waals surface area contributed by atoms with Crippen molar-refractivity contribution in [1.29, 1.82) is 0 Å². The third-order valence-electron chi connectivity index (χ3n) is 8.51. The summed E-state index contributed by atoms with van der Waals surface area (Å²) in [5, 5.41) is 6.89. The third-order valence-corrected chi connectivity index (χ3v) is 9.25. The summed E-state index contributed by atoms with van der Waals surface area (Å²) in [4.78, 5) is 27.8. The van der Waals surface area contributed by atoms with Gasteiger partial charge in [0.25, 0.3) is 0 Å². The fourth-order valence-electron chi connectivity index (χ4n) is 5.98. The number of carbonyl (C=O) groups is 1. The molecular formula is C31H42ClN9O3S. The number of hydrogen-bond acceptors (Lipinski definition) is 10. The van der Waals surface area contributed by atoms with Crippen LogP contribution in [0.1, 0.15) is 18.4 Å². The minimum Gasteiger partial charge on any atom is -0.494 e. The van der Waals surface area contributed by atoms with E-state index in [0.717, 1.165) is 81.3 Å². The summed E-state index contributed by atoms with van der Waals surface area (Å²) >= 11 is 6.32. The largest absolute Gasteiger partial charge is 0.494 e. The number of piperazine rings is 1. The Kier molecular flexibility index (Phi) is 11.0. The predicted molar refractivity (Wildman–Crippen MR) is 183 cm³/mol. The highest BCUT2D eigenvalue weighted by Gasteiger charge is 2.26. The molecule has 2 aliphatic rings. The molecule has 0 unspecified atom stereocenters. The van der Waals surface area contributed by atoms with Crippen LogP contribution in [-0.4, -0.2) is 96.4 Å². The lowest BCUT2D eigenvalue weighted by Gasteiger charge is -2.40. The van der Waals surface area contributed by atoms with E-state index in [9.17, 15) is 9.00 Å². The molecule has 1 amide bonds. The summed E-state index contributed by atoms with van der Waals surface area (Å²) in [5.74, 6) is 2.12. The van der Waals surface area contributed by atoms with E-state index in [2.05, 4.69) is 49.5 Å². The van der Waals surface area contributed by atoms with Gasteiger partial charge >= 0.3 is 0 Å². The molecule has 3 heterocycles. The second-order valence-electron chi connectivity index (χ2n) is 11.4. The van der Waals surface area contributed by atoms with E-state index < -0.39 is 0 Å². The lowest BCUT2D eigenvalue weighted by molar-refractivity contribution is -0.131. The molecule has 4 N–H and O–H groups in total. The number of aromatic nitrogens is 2. The van der Waals surface area contributed by atoms with Gasteiger partial charge < -0.3 is 30.9 Å². The van der Waals surface area contributed by atoms with Crippen LogP contribution >= 0.6 is 11.6 Å². The van der Waals surface area contributed by atoms with Crippen LogP contribution in [0.2, 0.25) is 5.02 Å². The lowest BCUT2D eigenvalue weighted by Crippen LogP contribution is -2.49. The van der Waals surface area contributed by atoms with Crippen molar-refractivity contribution in [3.8, 4) is 5.75 Å². The number of rotatable bonds is 11. The lowest BCUT2D eigenvalue weighted by atomic mass is 9.95. The number of anilines is 6. The highest BCUT2D eigenvalue weighted by atomic mass is 35.5. The molecule has 0 radical (unpaired) electrons. The molecule has 3 aromatic rings. The summed E-state index contributed by atoms with van der Waals surface area (Å²) in [6.45, 7) is 8.73. The molecule has 5 rings (SSSR count). The second-order valence-corrected chi connectivity index (χ2v) is 12.6. The van der Waals surface area contributed by atoms with Crippen molar-refractivity contribution in [2.45, 2.75) is 19.8 Å². The quantitative estimate of drug-likeness (QED) is 0.228. The van der Waals surface area contributed by atoms with Crippen molar-refractivity contribution >= 4 is 63.9 Å². The first-order chi connectivity index (χ1) is 21.8. The molecule has 45 heavy (non-hydrogen) atoms. The van der Waals surface area contributed by atoms with E-state index in [-0.39, 0.29) is 24.3 Å². The zero-order valence-electron chi connectivity index (χ0n) is 26.0. The van der Waals surface area contributed by atoms with Gasteiger partial charge in [-0.1, -0.05) is 23.7 Å². The Bertz CT molecular complexity index is 1500. The molecule has 14 heteroatoms. The van der Waals surface area contributed by atoms with Crippen LogP contribution in [0.4, 0.5) is 34.5 Å². The average molecular weight is 656 g/mol. The Morgan fingerprint density at radius 2 is 1.84 bits per heavy atom. The minimum absolute atomic E-state index is 0.0547. The highest BCUT2D eigenvalue weighted by molar-refractivity contribution is 7.67. The number of halogens is 1. The van der Waals surface area contributed by atoms with E-state index in [1.54, 1.807) is 18.5 Å². The van der Waals surface area contributed by atoms with Crippen molar-refractivity contribution in [3.63, 3.8) is 0 Å². The van der Waals surface area contributed by atoms with Gasteiger partial charge in [0.05, 0.1) is 36.9 Å². The number of likely N-dealkylation sites (tertiary alicyclic amines) is 1. The number of piperidine rings is 1. The van der Waals surface area contributed by atoms with Crippen LogP contribution in [0.15, 0.2) is 42.6 Å². The van der Waals surface area contributed by atoms with Crippen molar-refractivity contribution in [3.05, 3.63) is 53.2 Å². The van der Waals surface area contributed by atoms with Gasteiger partial charge in [-0.3, -0.25) is 14.0 Å². The van der Waals surface area contributed by atoms with Gasteiger partial charge in [0, 0.05) is 64.6 Å². The number of aryl methyl sites for hydroxylation is 1. The number of nitrogens with two attached hydrogens (primary N) is 1. The van der Waals surface area contributed by atoms with Crippen LogP contribution in [0.3, 0.4) is 0 Å². The topological polar surface area (TPSA) is 132 Å².